The molecule has 0 saturated heterocycles. The maximum absolute atomic E-state index is 2.47. The molecule has 3 heteroatoms. The molecule has 0 fully saturated rings. The van der Waals surface area contributed by atoms with Crippen LogP contribution in [-0.4, -0.2) is 4.57 Å². The van der Waals surface area contributed by atoms with E-state index in [9.17, 15) is 0 Å². The fourth-order valence-corrected chi connectivity index (χ4v) is 10.8. The Hall–Kier alpha value is -6.68. The highest BCUT2D eigenvalue weighted by Gasteiger charge is 2.36. The molecule has 9 aromatic carbocycles. The van der Waals surface area contributed by atoms with E-state index in [2.05, 4.69) is 205 Å². The highest BCUT2D eigenvalue weighted by Crippen LogP contribution is 2.51. The van der Waals surface area contributed by atoms with Gasteiger partial charge < -0.3 is 9.47 Å². The normalized spacial score (nSPS) is 13.3. The van der Waals surface area contributed by atoms with E-state index in [1.807, 2.05) is 11.3 Å². The molecular formula is C53H36N2S. The van der Waals surface area contributed by atoms with Gasteiger partial charge in [0.05, 0.1) is 11.0 Å². The van der Waals surface area contributed by atoms with Gasteiger partial charge in [0, 0.05) is 59.1 Å². The molecule has 0 spiro atoms. The number of hydrogen-bond acceptors (Lipinski definition) is 2. The third kappa shape index (κ3) is 4.49. The van der Waals surface area contributed by atoms with Crippen molar-refractivity contribution in [2.75, 3.05) is 4.90 Å². The molecule has 11 aromatic rings. The van der Waals surface area contributed by atoms with E-state index in [1.54, 1.807) is 0 Å². The number of rotatable bonds is 4. The molecule has 0 amide bonds. The van der Waals surface area contributed by atoms with Crippen LogP contribution in [0.3, 0.4) is 0 Å². The van der Waals surface area contributed by atoms with Crippen molar-refractivity contribution in [1.29, 1.82) is 0 Å². The van der Waals surface area contributed by atoms with Crippen LogP contribution in [0.25, 0.3) is 80.3 Å². The predicted octanol–water partition coefficient (Wildman–Crippen LogP) is 15.2. The Bertz CT molecular complexity index is 3420. The van der Waals surface area contributed by atoms with Crippen LogP contribution in [0, 0.1) is 0 Å². The summed E-state index contributed by atoms with van der Waals surface area (Å²) in [4.78, 5) is 2.47. The van der Waals surface area contributed by atoms with E-state index in [0.29, 0.717) is 0 Å². The standard InChI is InChI=1S/C53H36N2S/c1-53(2)45-17-9-7-15-41(45)42-25-23-40(32-46(42)53)54(37-21-19-33-11-3-5-13-35(33)29-37)39-24-26-47-44(31-39)51-48(27-28-50-52(51)43-16-8-10-18-49(43)56-50)55(47)38-22-20-34-12-4-6-14-36(34)30-38/h3-32H,1-2H3. The summed E-state index contributed by atoms with van der Waals surface area (Å²) in [6, 6.07) is 67.8. The third-order valence-electron chi connectivity index (χ3n) is 12.3. The minimum atomic E-state index is -0.111. The summed E-state index contributed by atoms with van der Waals surface area (Å²) in [5, 5.41) is 10.1. The molecule has 264 valence electrons. The first-order valence-electron chi connectivity index (χ1n) is 19.4. The second-order valence-corrected chi connectivity index (χ2v) is 16.9. The number of thiophene rings is 1. The SMILES string of the molecule is CC1(C)c2ccccc2-c2ccc(N(c3ccc4ccccc4c3)c3ccc4c(c3)c3c5c(ccc3n4-c3ccc4ccccc4c3)sc3ccccc35)cc21. The van der Waals surface area contributed by atoms with Gasteiger partial charge in [-0.05, 0) is 117 Å². The third-order valence-corrected chi connectivity index (χ3v) is 13.5. The molecule has 0 aliphatic heterocycles. The van der Waals surface area contributed by atoms with Crippen LogP contribution in [0.5, 0.6) is 0 Å². The molecular weight excluding hydrogens is 697 g/mol. The van der Waals surface area contributed by atoms with Crippen molar-refractivity contribution in [2.24, 2.45) is 0 Å². The van der Waals surface area contributed by atoms with Crippen molar-refractivity contribution in [3.63, 3.8) is 0 Å². The maximum atomic E-state index is 2.47. The number of fused-ring (bicyclic) bond motifs is 12. The van der Waals surface area contributed by atoms with Gasteiger partial charge in [0.15, 0.2) is 0 Å². The maximum Gasteiger partial charge on any atom is 0.0548 e. The lowest BCUT2D eigenvalue weighted by atomic mass is 9.82. The van der Waals surface area contributed by atoms with Crippen molar-refractivity contribution in [2.45, 2.75) is 19.3 Å². The Morgan fingerprint density at radius 2 is 1.05 bits per heavy atom. The first-order chi connectivity index (χ1) is 27.5. The van der Waals surface area contributed by atoms with Crippen LogP contribution < -0.4 is 4.90 Å². The summed E-state index contributed by atoms with van der Waals surface area (Å²) in [6.07, 6.45) is 0. The van der Waals surface area contributed by atoms with Gasteiger partial charge in [-0.3, -0.25) is 0 Å². The highest BCUT2D eigenvalue weighted by atomic mass is 32.1. The molecule has 0 atom stereocenters. The van der Waals surface area contributed by atoms with Crippen LogP contribution >= 0.6 is 11.3 Å². The molecule has 2 heterocycles. The molecule has 12 rings (SSSR count). The minimum Gasteiger partial charge on any atom is -0.310 e. The van der Waals surface area contributed by atoms with Gasteiger partial charge in [-0.1, -0.05) is 123 Å². The lowest BCUT2D eigenvalue weighted by Gasteiger charge is -2.28. The molecule has 0 saturated carbocycles. The molecule has 1 aliphatic rings. The number of aromatic nitrogens is 1. The number of benzene rings is 9. The largest absolute Gasteiger partial charge is 0.310 e. The summed E-state index contributed by atoms with van der Waals surface area (Å²) in [6.45, 7) is 4.73. The van der Waals surface area contributed by atoms with Crippen molar-refractivity contribution in [3.05, 3.63) is 193 Å². The Morgan fingerprint density at radius 3 is 1.91 bits per heavy atom. The molecule has 2 aromatic heterocycles. The summed E-state index contributed by atoms with van der Waals surface area (Å²) < 4.78 is 5.10. The lowest BCUT2D eigenvalue weighted by Crippen LogP contribution is -2.16. The summed E-state index contributed by atoms with van der Waals surface area (Å²) in [7, 11) is 0. The van der Waals surface area contributed by atoms with Gasteiger partial charge in [-0.25, -0.2) is 0 Å². The minimum absolute atomic E-state index is 0.111. The molecule has 56 heavy (non-hydrogen) atoms. The summed E-state index contributed by atoms with van der Waals surface area (Å²) in [5.41, 5.74) is 12.3. The molecule has 2 nitrogen and oxygen atoms in total. The van der Waals surface area contributed by atoms with Crippen LogP contribution in [0.15, 0.2) is 182 Å². The summed E-state index contributed by atoms with van der Waals surface area (Å²) >= 11 is 1.88. The number of nitrogens with zero attached hydrogens (tertiary/aromatic N) is 2. The van der Waals surface area contributed by atoms with Crippen molar-refractivity contribution in [1.82, 2.24) is 4.57 Å². The first kappa shape index (κ1) is 31.6. The number of hydrogen-bond donors (Lipinski definition) is 0. The average molecular weight is 733 g/mol. The van der Waals surface area contributed by atoms with Gasteiger partial charge in [0.1, 0.15) is 0 Å². The number of anilines is 3. The molecule has 0 unspecified atom stereocenters. The van der Waals surface area contributed by atoms with Crippen LogP contribution in [0.2, 0.25) is 0 Å². The smallest absolute Gasteiger partial charge is 0.0548 e. The Balaban J connectivity index is 1.15. The van der Waals surface area contributed by atoms with Crippen molar-refractivity contribution in [3.8, 4) is 16.8 Å². The Morgan fingerprint density at radius 1 is 0.429 bits per heavy atom. The first-order valence-corrected chi connectivity index (χ1v) is 20.2. The monoisotopic (exact) mass is 732 g/mol. The highest BCUT2D eigenvalue weighted by molar-refractivity contribution is 7.26. The molecule has 0 radical (unpaired) electrons. The molecule has 0 N–H and O–H groups in total. The Labute approximate surface area is 329 Å². The van der Waals surface area contributed by atoms with E-state index >= 15 is 0 Å². The van der Waals surface area contributed by atoms with Crippen LogP contribution in [0.1, 0.15) is 25.0 Å². The second-order valence-electron chi connectivity index (χ2n) is 15.8. The predicted molar refractivity (Wildman–Crippen MR) is 241 cm³/mol. The van der Waals surface area contributed by atoms with Crippen LogP contribution in [-0.2, 0) is 5.41 Å². The van der Waals surface area contributed by atoms with Gasteiger partial charge in [0.25, 0.3) is 0 Å². The van der Waals surface area contributed by atoms with Crippen molar-refractivity contribution >= 4 is 91.9 Å². The van der Waals surface area contributed by atoms with E-state index < -0.39 is 0 Å². The van der Waals surface area contributed by atoms with E-state index in [0.717, 1.165) is 17.1 Å². The topological polar surface area (TPSA) is 8.17 Å². The van der Waals surface area contributed by atoms with Gasteiger partial charge in [-0.2, -0.15) is 0 Å². The zero-order valence-electron chi connectivity index (χ0n) is 31.1. The average Bonchev–Trinajstić information content (AvgIpc) is 3.86. The fraction of sp³-hybridized carbons (Fsp3) is 0.0566. The zero-order valence-corrected chi connectivity index (χ0v) is 31.9. The van der Waals surface area contributed by atoms with Gasteiger partial charge in [-0.15, -0.1) is 11.3 Å². The lowest BCUT2D eigenvalue weighted by molar-refractivity contribution is 0.660. The van der Waals surface area contributed by atoms with E-state index in [-0.39, 0.29) is 5.41 Å². The summed E-state index contributed by atoms with van der Waals surface area (Å²) in [5.74, 6) is 0. The molecule has 0 bridgehead atoms. The van der Waals surface area contributed by atoms with E-state index in [4.69, 9.17) is 0 Å². The van der Waals surface area contributed by atoms with Gasteiger partial charge in [0.2, 0.25) is 0 Å². The van der Waals surface area contributed by atoms with E-state index in [1.165, 1.54) is 91.5 Å². The molecule has 1 aliphatic carbocycles. The van der Waals surface area contributed by atoms with Crippen molar-refractivity contribution < 1.29 is 0 Å². The quantitative estimate of drug-likeness (QED) is 0.175. The fourth-order valence-electron chi connectivity index (χ4n) is 9.64. The Kier molecular flexibility index (Phi) is 6.59. The van der Waals surface area contributed by atoms with Crippen LogP contribution in [0.4, 0.5) is 17.1 Å². The second kappa shape index (κ2) is 11.7. The van der Waals surface area contributed by atoms with Gasteiger partial charge >= 0.3 is 0 Å². The zero-order chi connectivity index (χ0) is 37.1.